The third-order valence-corrected chi connectivity index (χ3v) is 13.0. The molecule has 0 aromatic rings. The highest BCUT2D eigenvalue weighted by Gasteiger charge is 2.19. The number of hydrogen-bond acceptors (Lipinski definition) is 6. The summed E-state index contributed by atoms with van der Waals surface area (Å²) in [6.07, 6.45) is 60.6. The van der Waals surface area contributed by atoms with Crippen LogP contribution in [0.15, 0.2) is 12.2 Å². The number of carbonyl (C=O) groups excluding carboxylic acids is 3. The molecule has 0 saturated carbocycles. The van der Waals surface area contributed by atoms with Crippen molar-refractivity contribution in [3.63, 3.8) is 0 Å². The van der Waals surface area contributed by atoms with E-state index in [9.17, 15) is 14.4 Å². The zero-order chi connectivity index (χ0) is 46.5. The summed E-state index contributed by atoms with van der Waals surface area (Å²) < 4.78 is 16.9. The van der Waals surface area contributed by atoms with Gasteiger partial charge in [0.2, 0.25) is 0 Å². The van der Waals surface area contributed by atoms with Crippen LogP contribution in [0.25, 0.3) is 0 Å². The van der Waals surface area contributed by atoms with Crippen molar-refractivity contribution in [2.75, 3.05) is 13.2 Å². The average molecular weight is 904 g/mol. The monoisotopic (exact) mass is 903 g/mol. The highest BCUT2D eigenvalue weighted by Crippen LogP contribution is 2.17. The van der Waals surface area contributed by atoms with Crippen LogP contribution in [-0.4, -0.2) is 37.2 Å². The molecule has 6 nitrogen and oxygen atoms in total. The van der Waals surface area contributed by atoms with Gasteiger partial charge in [-0.15, -0.1) is 0 Å². The van der Waals surface area contributed by atoms with Crippen molar-refractivity contribution in [2.24, 2.45) is 0 Å². The lowest BCUT2D eigenvalue weighted by molar-refractivity contribution is -0.167. The summed E-state index contributed by atoms with van der Waals surface area (Å²) >= 11 is 0. The maximum Gasteiger partial charge on any atom is 0.306 e. The summed E-state index contributed by atoms with van der Waals surface area (Å²) in [5, 5.41) is 0. The molecule has 378 valence electrons. The molecule has 0 fully saturated rings. The smallest absolute Gasteiger partial charge is 0.306 e. The number of unbranched alkanes of at least 4 members (excludes halogenated alkanes) is 40. The largest absolute Gasteiger partial charge is 0.462 e. The van der Waals surface area contributed by atoms with Crippen LogP contribution < -0.4 is 0 Å². The van der Waals surface area contributed by atoms with Crippen LogP contribution in [0, 0.1) is 0 Å². The minimum absolute atomic E-state index is 0.0666. The first-order valence-electron chi connectivity index (χ1n) is 28.7. The van der Waals surface area contributed by atoms with E-state index < -0.39 is 6.10 Å². The van der Waals surface area contributed by atoms with Crippen molar-refractivity contribution in [1.82, 2.24) is 0 Å². The van der Waals surface area contributed by atoms with Crippen LogP contribution in [0.4, 0.5) is 0 Å². The van der Waals surface area contributed by atoms with Gasteiger partial charge >= 0.3 is 17.9 Å². The number of carbonyl (C=O) groups is 3. The third-order valence-electron chi connectivity index (χ3n) is 13.0. The summed E-state index contributed by atoms with van der Waals surface area (Å²) in [6, 6.07) is 0. The number of allylic oxidation sites excluding steroid dienone is 2. The fraction of sp³-hybridized carbons (Fsp3) is 0.914. The van der Waals surface area contributed by atoms with Crippen molar-refractivity contribution >= 4 is 17.9 Å². The van der Waals surface area contributed by atoms with E-state index >= 15 is 0 Å². The Kier molecular flexibility index (Phi) is 52.2. The van der Waals surface area contributed by atoms with Gasteiger partial charge in [-0.25, -0.2) is 0 Å². The predicted octanol–water partition coefficient (Wildman–Crippen LogP) is 18.9. The molecule has 0 radical (unpaired) electrons. The molecule has 64 heavy (non-hydrogen) atoms. The van der Waals surface area contributed by atoms with Gasteiger partial charge in [0.25, 0.3) is 0 Å². The molecular formula is C58H110O6. The summed E-state index contributed by atoms with van der Waals surface area (Å²) in [4.78, 5) is 38.1. The Bertz CT molecular complexity index is 993. The molecule has 0 spiro atoms. The van der Waals surface area contributed by atoms with E-state index in [1.54, 1.807) is 0 Å². The second-order valence-corrected chi connectivity index (χ2v) is 19.6. The molecule has 1 atom stereocenters. The topological polar surface area (TPSA) is 78.9 Å². The quantitative estimate of drug-likeness (QED) is 0.0262. The summed E-state index contributed by atoms with van der Waals surface area (Å²) in [7, 11) is 0. The highest BCUT2D eigenvalue weighted by atomic mass is 16.6. The van der Waals surface area contributed by atoms with Gasteiger partial charge in [-0.05, 0) is 38.5 Å². The third kappa shape index (κ3) is 51.1. The van der Waals surface area contributed by atoms with E-state index in [2.05, 4.69) is 32.9 Å². The molecule has 0 N–H and O–H groups in total. The van der Waals surface area contributed by atoms with Crippen molar-refractivity contribution in [1.29, 1.82) is 0 Å². The lowest BCUT2D eigenvalue weighted by Crippen LogP contribution is -2.30. The van der Waals surface area contributed by atoms with Crippen LogP contribution >= 0.6 is 0 Å². The van der Waals surface area contributed by atoms with E-state index in [1.165, 1.54) is 218 Å². The molecule has 0 unspecified atom stereocenters. The minimum atomic E-state index is -0.767. The van der Waals surface area contributed by atoms with E-state index in [1.807, 2.05) is 0 Å². The van der Waals surface area contributed by atoms with Crippen LogP contribution in [0.1, 0.15) is 323 Å². The number of rotatable bonds is 53. The predicted molar refractivity (Wildman–Crippen MR) is 275 cm³/mol. The van der Waals surface area contributed by atoms with Gasteiger partial charge in [-0.2, -0.15) is 0 Å². The molecule has 0 amide bonds. The summed E-state index contributed by atoms with van der Waals surface area (Å²) in [5.74, 6) is -0.853. The van der Waals surface area contributed by atoms with Gasteiger partial charge in [-0.3, -0.25) is 14.4 Å². The average Bonchev–Trinajstić information content (AvgIpc) is 3.29. The fourth-order valence-electron chi connectivity index (χ4n) is 8.66. The number of ether oxygens (including phenoxy) is 3. The molecular weight excluding hydrogens is 793 g/mol. The van der Waals surface area contributed by atoms with Crippen LogP contribution in [0.5, 0.6) is 0 Å². The van der Waals surface area contributed by atoms with E-state index in [4.69, 9.17) is 14.2 Å². The molecule has 0 aromatic carbocycles. The summed E-state index contributed by atoms with van der Waals surface area (Å²) in [5.41, 5.74) is 0. The first-order valence-corrected chi connectivity index (χ1v) is 28.7. The van der Waals surface area contributed by atoms with Crippen molar-refractivity contribution in [3.8, 4) is 0 Å². The van der Waals surface area contributed by atoms with E-state index in [0.29, 0.717) is 19.3 Å². The normalized spacial score (nSPS) is 12.0. The van der Waals surface area contributed by atoms with Crippen LogP contribution in [0.3, 0.4) is 0 Å². The van der Waals surface area contributed by atoms with Crippen molar-refractivity contribution in [2.45, 2.75) is 329 Å². The number of esters is 3. The summed E-state index contributed by atoms with van der Waals surface area (Å²) in [6.45, 7) is 6.65. The Labute approximate surface area is 399 Å². The van der Waals surface area contributed by atoms with Crippen LogP contribution in [0.2, 0.25) is 0 Å². The molecule has 0 aliphatic heterocycles. The highest BCUT2D eigenvalue weighted by molar-refractivity contribution is 5.71. The van der Waals surface area contributed by atoms with E-state index in [-0.39, 0.29) is 31.1 Å². The maximum absolute atomic E-state index is 12.8. The fourth-order valence-corrected chi connectivity index (χ4v) is 8.66. The Morgan fingerprint density at radius 1 is 0.297 bits per heavy atom. The Morgan fingerprint density at radius 3 is 0.828 bits per heavy atom. The lowest BCUT2D eigenvalue weighted by Gasteiger charge is -2.18. The number of hydrogen-bond donors (Lipinski definition) is 0. The van der Waals surface area contributed by atoms with Gasteiger partial charge in [0.1, 0.15) is 13.2 Å². The maximum atomic E-state index is 12.8. The Morgan fingerprint density at radius 2 is 0.531 bits per heavy atom. The molecule has 0 bridgehead atoms. The molecule has 0 aliphatic rings. The molecule has 0 aliphatic carbocycles. The molecule has 6 heteroatoms. The zero-order valence-electron chi connectivity index (χ0n) is 43.3. The minimum Gasteiger partial charge on any atom is -0.462 e. The molecule has 0 aromatic heterocycles. The Balaban J connectivity index is 4.26. The molecule has 0 heterocycles. The molecule has 0 rings (SSSR count). The van der Waals surface area contributed by atoms with Crippen LogP contribution in [-0.2, 0) is 28.6 Å². The van der Waals surface area contributed by atoms with E-state index in [0.717, 1.165) is 64.2 Å². The van der Waals surface area contributed by atoms with Gasteiger partial charge in [0, 0.05) is 19.3 Å². The SMILES string of the molecule is CCCC/C=C\CCCCCCCC(=O)OC[C@H](COC(=O)CCCCCCCCCCCCCCCCCCCC)OC(=O)CCCCCCCCCCCCCCCCCCC. The first kappa shape index (κ1) is 62.1. The first-order chi connectivity index (χ1) is 31.5. The molecule has 0 saturated heterocycles. The van der Waals surface area contributed by atoms with Gasteiger partial charge < -0.3 is 14.2 Å². The van der Waals surface area contributed by atoms with Crippen molar-refractivity contribution < 1.29 is 28.6 Å². The standard InChI is InChI=1S/C58H110O6/c1-4-7-10-13-16-19-22-24-26-28-30-31-33-36-39-42-45-48-51-57(60)63-54-55(53-62-56(59)50-47-44-41-38-35-21-18-15-12-9-6-3)64-58(61)52-49-46-43-40-37-34-32-29-27-25-23-20-17-14-11-8-5-2/h15,18,55H,4-14,16-17,19-54H2,1-3H3/b18-15-/t55-/m1/s1. The van der Waals surface area contributed by atoms with Gasteiger partial charge in [-0.1, -0.05) is 277 Å². The second kappa shape index (κ2) is 53.8. The van der Waals surface area contributed by atoms with Gasteiger partial charge in [0.15, 0.2) is 6.10 Å². The Hall–Kier alpha value is -1.85. The second-order valence-electron chi connectivity index (χ2n) is 19.6. The van der Waals surface area contributed by atoms with Gasteiger partial charge in [0.05, 0.1) is 0 Å². The van der Waals surface area contributed by atoms with Crippen molar-refractivity contribution in [3.05, 3.63) is 12.2 Å². The lowest BCUT2D eigenvalue weighted by atomic mass is 10.0. The zero-order valence-corrected chi connectivity index (χ0v) is 43.3.